The summed E-state index contributed by atoms with van der Waals surface area (Å²) >= 11 is 0. The first-order chi connectivity index (χ1) is 38.5. The van der Waals surface area contributed by atoms with E-state index >= 15 is 0 Å². The zero-order valence-corrected chi connectivity index (χ0v) is 52.4. The van der Waals surface area contributed by atoms with E-state index in [-0.39, 0.29) is 18.5 Å². The van der Waals surface area contributed by atoms with Crippen molar-refractivity contribution in [3.63, 3.8) is 0 Å². The highest BCUT2D eigenvalue weighted by Crippen LogP contribution is 2.18. The van der Waals surface area contributed by atoms with Gasteiger partial charge in [-0.05, 0) is 89.9 Å². The fraction of sp³-hybridized carbons (Fsp3) is 0.861. The van der Waals surface area contributed by atoms with Crippen LogP contribution in [-0.4, -0.2) is 47.4 Å². The number of rotatable bonds is 65. The van der Waals surface area contributed by atoms with E-state index in [9.17, 15) is 19.8 Å². The van der Waals surface area contributed by atoms with E-state index in [1.165, 1.54) is 295 Å². The molecule has 78 heavy (non-hydrogen) atoms. The van der Waals surface area contributed by atoms with Crippen LogP contribution in [-0.2, 0) is 14.3 Å². The summed E-state index contributed by atoms with van der Waals surface area (Å²) in [7, 11) is 0. The third-order valence-electron chi connectivity index (χ3n) is 16.1. The van der Waals surface area contributed by atoms with Gasteiger partial charge < -0.3 is 20.3 Å². The van der Waals surface area contributed by atoms with Gasteiger partial charge in [0.05, 0.1) is 25.4 Å². The van der Waals surface area contributed by atoms with Crippen LogP contribution in [0.1, 0.15) is 373 Å². The third-order valence-corrected chi connectivity index (χ3v) is 16.1. The fourth-order valence-electron chi connectivity index (χ4n) is 10.7. The standard InChI is InChI=1S/C72H135NO5/c1-3-5-7-9-11-13-14-15-39-43-46-50-54-58-62-66-72(77)78-67-63-59-55-51-47-44-41-38-36-34-32-30-28-26-24-22-20-18-16-17-19-21-23-25-27-29-31-33-35-37-40-42-45-49-53-57-61-65-71(76)73-69(68-74)70(75)64-60-56-52-48-12-10-8-6-4-2/h15-16,18,22,24,39,60,64,69-70,74-75H,3-14,17,19-21,23,25-38,40-59,61-63,65-68H2,1-2H3,(H,73,76)/b18-16-,24-22-,39-15-,64-60+. The number of carbonyl (C=O) groups is 2. The van der Waals surface area contributed by atoms with Gasteiger partial charge in [-0.1, -0.05) is 319 Å². The van der Waals surface area contributed by atoms with Crippen molar-refractivity contribution >= 4 is 11.9 Å². The van der Waals surface area contributed by atoms with Gasteiger partial charge in [-0.2, -0.15) is 0 Å². The largest absolute Gasteiger partial charge is 0.466 e. The molecule has 0 aliphatic heterocycles. The van der Waals surface area contributed by atoms with E-state index in [1.807, 2.05) is 6.08 Å². The number of esters is 1. The summed E-state index contributed by atoms with van der Waals surface area (Å²) in [5.74, 6) is -0.0566. The summed E-state index contributed by atoms with van der Waals surface area (Å²) in [5.41, 5.74) is 0. The molecule has 0 bridgehead atoms. The lowest BCUT2D eigenvalue weighted by Crippen LogP contribution is -2.45. The molecule has 0 rings (SSSR count). The van der Waals surface area contributed by atoms with Crippen molar-refractivity contribution in [2.24, 2.45) is 0 Å². The number of unbranched alkanes of at least 4 members (excludes halogenated alkanes) is 48. The molecule has 0 saturated carbocycles. The molecule has 0 aromatic rings. The van der Waals surface area contributed by atoms with Crippen LogP contribution in [0.4, 0.5) is 0 Å². The molecular formula is C72H135NO5. The van der Waals surface area contributed by atoms with Crippen LogP contribution in [0.5, 0.6) is 0 Å². The SMILES string of the molecule is CCCCCCCC/C=C\CCCCCCCC(=O)OCCCCCCCCCCCCCCC/C=C\C/C=C\CCCCCCCCCCCCCCCCCCCC(=O)NC(CO)C(O)/C=C/CCCCCCCCC. The van der Waals surface area contributed by atoms with Crippen LogP contribution < -0.4 is 5.32 Å². The second-order valence-electron chi connectivity index (χ2n) is 23.9. The van der Waals surface area contributed by atoms with Crippen LogP contribution >= 0.6 is 0 Å². The van der Waals surface area contributed by atoms with E-state index < -0.39 is 12.1 Å². The molecule has 0 radical (unpaired) electrons. The highest BCUT2D eigenvalue weighted by atomic mass is 16.5. The van der Waals surface area contributed by atoms with Gasteiger partial charge >= 0.3 is 5.97 Å². The number of ether oxygens (including phenoxy) is 1. The fourth-order valence-corrected chi connectivity index (χ4v) is 10.7. The Balaban J connectivity index is 3.34. The van der Waals surface area contributed by atoms with Gasteiger partial charge in [0.15, 0.2) is 0 Å². The molecule has 6 nitrogen and oxygen atoms in total. The Morgan fingerprint density at radius 3 is 0.987 bits per heavy atom. The Hall–Kier alpha value is -2.18. The van der Waals surface area contributed by atoms with E-state index in [4.69, 9.17) is 4.74 Å². The Morgan fingerprint density at radius 1 is 0.359 bits per heavy atom. The van der Waals surface area contributed by atoms with Gasteiger partial charge in [0.25, 0.3) is 0 Å². The Kier molecular flexibility index (Phi) is 65.4. The van der Waals surface area contributed by atoms with Crippen molar-refractivity contribution in [2.75, 3.05) is 13.2 Å². The van der Waals surface area contributed by atoms with Gasteiger partial charge in [0.1, 0.15) is 0 Å². The molecule has 2 atom stereocenters. The minimum Gasteiger partial charge on any atom is -0.466 e. The molecule has 0 aliphatic rings. The Labute approximate surface area is 486 Å². The number of hydrogen-bond donors (Lipinski definition) is 3. The third kappa shape index (κ3) is 63.0. The van der Waals surface area contributed by atoms with Crippen LogP contribution in [0.15, 0.2) is 48.6 Å². The maximum Gasteiger partial charge on any atom is 0.305 e. The first-order valence-corrected chi connectivity index (χ1v) is 34.9. The van der Waals surface area contributed by atoms with Crippen molar-refractivity contribution < 1.29 is 24.5 Å². The Bertz CT molecular complexity index is 1310. The number of amides is 1. The van der Waals surface area contributed by atoms with Crippen LogP contribution in [0.25, 0.3) is 0 Å². The molecule has 3 N–H and O–H groups in total. The molecule has 0 aromatic heterocycles. The molecule has 1 amide bonds. The van der Waals surface area contributed by atoms with Crippen molar-refractivity contribution in [1.29, 1.82) is 0 Å². The molecule has 0 aromatic carbocycles. The molecule has 0 fully saturated rings. The second kappa shape index (κ2) is 67.3. The average molecular weight is 1090 g/mol. The molecular weight excluding hydrogens is 959 g/mol. The second-order valence-corrected chi connectivity index (χ2v) is 23.9. The smallest absolute Gasteiger partial charge is 0.305 e. The van der Waals surface area contributed by atoms with Gasteiger partial charge in [-0.15, -0.1) is 0 Å². The van der Waals surface area contributed by atoms with Crippen molar-refractivity contribution in [3.05, 3.63) is 48.6 Å². The minimum atomic E-state index is -0.840. The van der Waals surface area contributed by atoms with Crippen molar-refractivity contribution in [2.45, 2.75) is 386 Å². The summed E-state index contributed by atoms with van der Waals surface area (Å²) in [5, 5.41) is 23.0. The van der Waals surface area contributed by atoms with Gasteiger partial charge in [-0.25, -0.2) is 0 Å². The van der Waals surface area contributed by atoms with Gasteiger partial charge in [0, 0.05) is 12.8 Å². The van der Waals surface area contributed by atoms with Crippen LogP contribution in [0.3, 0.4) is 0 Å². The van der Waals surface area contributed by atoms with Crippen molar-refractivity contribution in [3.8, 4) is 0 Å². The number of allylic oxidation sites excluding steroid dienone is 7. The molecule has 0 spiro atoms. The van der Waals surface area contributed by atoms with E-state index in [0.717, 1.165) is 51.4 Å². The molecule has 0 saturated heterocycles. The van der Waals surface area contributed by atoms with Crippen LogP contribution in [0.2, 0.25) is 0 Å². The first kappa shape index (κ1) is 75.8. The maximum absolute atomic E-state index is 12.4. The summed E-state index contributed by atoms with van der Waals surface area (Å²) in [4.78, 5) is 24.5. The quantitative estimate of drug-likeness (QED) is 0.0320. The number of aliphatic hydroxyl groups is 2. The predicted octanol–water partition coefficient (Wildman–Crippen LogP) is 22.5. The zero-order chi connectivity index (χ0) is 56.4. The highest BCUT2D eigenvalue weighted by Gasteiger charge is 2.18. The highest BCUT2D eigenvalue weighted by molar-refractivity contribution is 5.76. The minimum absolute atomic E-state index is 0.0106. The maximum atomic E-state index is 12.4. The predicted molar refractivity (Wildman–Crippen MR) is 342 cm³/mol. The molecule has 0 heterocycles. The van der Waals surface area contributed by atoms with Gasteiger partial charge in [0.2, 0.25) is 5.91 Å². The summed E-state index contributed by atoms with van der Waals surface area (Å²) < 4.78 is 5.49. The lowest BCUT2D eigenvalue weighted by Gasteiger charge is -2.20. The van der Waals surface area contributed by atoms with E-state index in [1.54, 1.807) is 6.08 Å². The summed E-state index contributed by atoms with van der Waals surface area (Å²) in [6.45, 7) is 4.88. The number of nitrogens with one attached hydrogen (secondary N) is 1. The molecule has 458 valence electrons. The number of aliphatic hydroxyl groups excluding tert-OH is 2. The molecule has 2 unspecified atom stereocenters. The van der Waals surface area contributed by atoms with E-state index in [0.29, 0.717) is 19.4 Å². The average Bonchev–Trinajstić information content (AvgIpc) is 3.44. The van der Waals surface area contributed by atoms with E-state index in [2.05, 4.69) is 55.6 Å². The summed E-state index contributed by atoms with van der Waals surface area (Å²) in [6, 6.07) is -0.624. The Morgan fingerprint density at radius 2 is 0.641 bits per heavy atom. The summed E-state index contributed by atoms with van der Waals surface area (Å²) in [6.07, 6.45) is 87.9. The van der Waals surface area contributed by atoms with Gasteiger partial charge in [-0.3, -0.25) is 9.59 Å². The molecule has 6 heteroatoms. The van der Waals surface area contributed by atoms with Crippen LogP contribution in [0, 0.1) is 0 Å². The monoisotopic (exact) mass is 1090 g/mol. The number of carbonyl (C=O) groups excluding carboxylic acids is 2. The lowest BCUT2D eigenvalue weighted by atomic mass is 10.0. The normalized spacial score (nSPS) is 12.8. The lowest BCUT2D eigenvalue weighted by molar-refractivity contribution is -0.143. The van der Waals surface area contributed by atoms with Crippen molar-refractivity contribution in [1.82, 2.24) is 5.32 Å². The topological polar surface area (TPSA) is 95.9 Å². The zero-order valence-electron chi connectivity index (χ0n) is 52.4. The number of hydrogen-bond acceptors (Lipinski definition) is 5. The first-order valence-electron chi connectivity index (χ1n) is 34.9. The molecule has 0 aliphatic carbocycles.